The second kappa shape index (κ2) is 7.70. The summed E-state index contributed by atoms with van der Waals surface area (Å²) in [7, 11) is 3.65. The normalized spacial score (nSPS) is 12.0. The van der Waals surface area contributed by atoms with E-state index < -0.39 is 0 Å². The Morgan fingerprint density at radius 1 is 0.952 bits per heavy atom. The monoisotopic (exact) mass is 285 g/mol. The van der Waals surface area contributed by atoms with Gasteiger partial charge in [0.1, 0.15) is 11.5 Å². The summed E-state index contributed by atoms with van der Waals surface area (Å²) in [5.74, 6) is 1.80. The van der Waals surface area contributed by atoms with Gasteiger partial charge in [0.15, 0.2) is 0 Å². The average Bonchev–Trinajstić information content (AvgIpc) is 2.55. The molecule has 0 aliphatic rings. The van der Waals surface area contributed by atoms with Crippen LogP contribution in [-0.2, 0) is 0 Å². The molecule has 0 aliphatic heterocycles. The number of hydrogen-bond acceptors (Lipinski definition) is 3. The molecule has 0 heterocycles. The minimum absolute atomic E-state index is 0.0363. The van der Waals surface area contributed by atoms with E-state index in [1.165, 1.54) is 0 Å². The first kappa shape index (κ1) is 15.4. The van der Waals surface area contributed by atoms with Gasteiger partial charge >= 0.3 is 0 Å². The fourth-order valence-electron chi connectivity index (χ4n) is 2.45. The number of benzene rings is 2. The first-order chi connectivity index (χ1) is 10.3. The lowest BCUT2D eigenvalue weighted by molar-refractivity contribution is 0.311. The zero-order valence-corrected chi connectivity index (χ0v) is 12.9. The standard InChI is InChI=1S/C18H23NO2/c1-4-13-21-17-12-8-6-10-15(17)18(19-2)14-9-5-7-11-16(14)20-3/h5-12,18-19H,4,13H2,1-3H3. The quantitative estimate of drug-likeness (QED) is 0.839. The zero-order valence-electron chi connectivity index (χ0n) is 12.9. The third kappa shape index (κ3) is 3.56. The van der Waals surface area contributed by atoms with Gasteiger partial charge in [-0.3, -0.25) is 0 Å². The van der Waals surface area contributed by atoms with Crippen LogP contribution in [0.3, 0.4) is 0 Å². The Bertz CT molecular complexity index is 569. The van der Waals surface area contributed by atoms with Crippen molar-refractivity contribution in [3.8, 4) is 11.5 Å². The number of rotatable bonds is 7. The summed E-state index contributed by atoms with van der Waals surface area (Å²) >= 11 is 0. The van der Waals surface area contributed by atoms with Gasteiger partial charge < -0.3 is 14.8 Å². The van der Waals surface area contributed by atoms with Crippen molar-refractivity contribution >= 4 is 0 Å². The average molecular weight is 285 g/mol. The summed E-state index contributed by atoms with van der Waals surface area (Å²) in [5, 5.41) is 3.37. The van der Waals surface area contributed by atoms with Crippen LogP contribution in [0.2, 0.25) is 0 Å². The number of hydrogen-bond donors (Lipinski definition) is 1. The highest BCUT2D eigenvalue weighted by molar-refractivity contribution is 5.46. The molecule has 0 saturated heterocycles. The van der Waals surface area contributed by atoms with Crippen molar-refractivity contribution in [2.24, 2.45) is 0 Å². The Balaban J connectivity index is 2.41. The van der Waals surface area contributed by atoms with Crippen LogP contribution >= 0.6 is 0 Å². The molecule has 3 heteroatoms. The topological polar surface area (TPSA) is 30.5 Å². The van der Waals surface area contributed by atoms with Crippen LogP contribution in [0.25, 0.3) is 0 Å². The molecule has 1 unspecified atom stereocenters. The maximum absolute atomic E-state index is 5.88. The molecule has 0 fully saturated rings. The summed E-state index contributed by atoms with van der Waals surface area (Å²) in [6.07, 6.45) is 0.993. The number of para-hydroxylation sites is 2. The lowest BCUT2D eigenvalue weighted by Crippen LogP contribution is -2.19. The van der Waals surface area contributed by atoms with E-state index in [1.54, 1.807) is 7.11 Å². The van der Waals surface area contributed by atoms with Crippen LogP contribution in [0.1, 0.15) is 30.5 Å². The van der Waals surface area contributed by atoms with Gasteiger partial charge in [0.2, 0.25) is 0 Å². The molecule has 112 valence electrons. The van der Waals surface area contributed by atoms with Gasteiger partial charge in [-0.15, -0.1) is 0 Å². The van der Waals surface area contributed by atoms with E-state index in [2.05, 4.69) is 24.4 Å². The number of methoxy groups -OCH3 is 1. The molecular formula is C18H23NO2. The second-order valence-corrected chi connectivity index (χ2v) is 4.85. The van der Waals surface area contributed by atoms with Crippen molar-refractivity contribution in [1.29, 1.82) is 0 Å². The highest BCUT2D eigenvalue weighted by atomic mass is 16.5. The van der Waals surface area contributed by atoms with Crippen molar-refractivity contribution in [2.45, 2.75) is 19.4 Å². The summed E-state index contributed by atoms with van der Waals surface area (Å²) < 4.78 is 11.4. The molecule has 0 radical (unpaired) electrons. The van der Waals surface area contributed by atoms with Crippen molar-refractivity contribution in [3.05, 3.63) is 59.7 Å². The highest BCUT2D eigenvalue weighted by Crippen LogP contribution is 2.34. The molecule has 0 bridgehead atoms. The maximum Gasteiger partial charge on any atom is 0.124 e. The second-order valence-electron chi connectivity index (χ2n) is 4.85. The van der Waals surface area contributed by atoms with E-state index in [0.717, 1.165) is 35.7 Å². The molecule has 3 nitrogen and oxygen atoms in total. The predicted molar refractivity (Wildman–Crippen MR) is 86.1 cm³/mol. The third-order valence-corrected chi connectivity index (χ3v) is 3.43. The Hall–Kier alpha value is -2.00. The minimum Gasteiger partial charge on any atom is -0.496 e. The van der Waals surface area contributed by atoms with E-state index in [9.17, 15) is 0 Å². The van der Waals surface area contributed by atoms with Crippen LogP contribution < -0.4 is 14.8 Å². The van der Waals surface area contributed by atoms with Crippen molar-refractivity contribution < 1.29 is 9.47 Å². The smallest absolute Gasteiger partial charge is 0.124 e. The minimum atomic E-state index is 0.0363. The predicted octanol–water partition coefficient (Wildman–Crippen LogP) is 3.79. The molecule has 2 aromatic carbocycles. The van der Waals surface area contributed by atoms with Gasteiger partial charge in [0.05, 0.1) is 19.8 Å². The van der Waals surface area contributed by atoms with Crippen LogP contribution in [0.5, 0.6) is 11.5 Å². The summed E-state index contributed by atoms with van der Waals surface area (Å²) in [4.78, 5) is 0. The van der Waals surface area contributed by atoms with Crippen molar-refractivity contribution in [3.63, 3.8) is 0 Å². The van der Waals surface area contributed by atoms with Crippen molar-refractivity contribution in [2.75, 3.05) is 20.8 Å². The molecule has 21 heavy (non-hydrogen) atoms. The van der Waals surface area contributed by atoms with E-state index in [4.69, 9.17) is 9.47 Å². The Morgan fingerprint density at radius 3 is 2.10 bits per heavy atom. The number of nitrogens with one attached hydrogen (secondary N) is 1. The fourth-order valence-corrected chi connectivity index (χ4v) is 2.45. The van der Waals surface area contributed by atoms with Gasteiger partial charge in [-0.25, -0.2) is 0 Å². The van der Waals surface area contributed by atoms with Crippen molar-refractivity contribution in [1.82, 2.24) is 5.32 Å². The SMILES string of the molecule is CCCOc1ccccc1C(NC)c1ccccc1OC. The Labute approximate surface area is 126 Å². The van der Waals surface area contributed by atoms with Crippen LogP contribution in [0.15, 0.2) is 48.5 Å². The fraction of sp³-hybridized carbons (Fsp3) is 0.333. The molecule has 1 atom stereocenters. The van der Waals surface area contributed by atoms with Gasteiger partial charge in [0, 0.05) is 11.1 Å². The maximum atomic E-state index is 5.88. The molecule has 0 saturated carbocycles. The zero-order chi connectivity index (χ0) is 15.1. The van der Waals surface area contributed by atoms with Gasteiger partial charge in [-0.1, -0.05) is 43.3 Å². The molecular weight excluding hydrogens is 262 g/mol. The van der Waals surface area contributed by atoms with Gasteiger partial charge in [-0.05, 0) is 25.6 Å². The van der Waals surface area contributed by atoms with E-state index in [1.807, 2.05) is 43.4 Å². The van der Waals surface area contributed by atoms with Crippen LogP contribution in [0, 0.1) is 0 Å². The first-order valence-corrected chi connectivity index (χ1v) is 7.33. The summed E-state index contributed by atoms with van der Waals surface area (Å²) in [6, 6.07) is 16.3. The third-order valence-electron chi connectivity index (χ3n) is 3.43. The molecule has 2 aromatic rings. The largest absolute Gasteiger partial charge is 0.496 e. The van der Waals surface area contributed by atoms with Crippen LogP contribution in [-0.4, -0.2) is 20.8 Å². The summed E-state index contributed by atoms with van der Waals surface area (Å²) in [5.41, 5.74) is 2.23. The molecule has 2 rings (SSSR count). The lowest BCUT2D eigenvalue weighted by Gasteiger charge is -2.22. The van der Waals surface area contributed by atoms with E-state index in [-0.39, 0.29) is 6.04 Å². The van der Waals surface area contributed by atoms with Crippen LogP contribution in [0.4, 0.5) is 0 Å². The lowest BCUT2D eigenvalue weighted by atomic mass is 9.97. The molecule has 0 amide bonds. The molecule has 0 aromatic heterocycles. The van der Waals surface area contributed by atoms with Gasteiger partial charge in [0.25, 0.3) is 0 Å². The Kier molecular flexibility index (Phi) is 5.64. The number of ether oxygens (including phenoxy) is 2. The molecule has 1 N–H and O–H groups in total. The Morgan fingerprint density at radius 2 is 1.52 bits per heavy atom. The van der Waals surface area contributed by atoms with E-state index in [0.29, 0.717) is 0 Å². The van der Waals surface area contributed by atoms with Gasteiger partial charge in [-0.2, -0.15) is 0 Å². The first-order valence-electron chi connectivity index (χ1n) is 7.33. The summed E-state index contributed by atoms with van der Waals surface area (Å²) in [6.45, 7) is 2.83. The highest BCUT2D eigenvalue weighted by Gasteiger charge is 2.19. The molecule has 0 aliphatic carbocycles. The van der Waals surface area contributed by atoms with E-state index >= 15 is 0 Å². The molecule has 0 spiro atoms.